The second kappa shape index (κ2) is 9.65. The van der Waals surface area contributed by atoms with Crippen molar-refractivity contribution >= 4 is 15.9 Å². The van der Waals surface area contributed by atoms with Crippen molar-refractivity contribution in [3.63, 3.8) is 0 Å². The molecule has 166 valence electrons. The molecule has 3 rings (SSSR count). The van der Waals surface area contributed by atoms with Gasteiger partial charge in [-0.25, -0.2) is 8.42 Å². The monoisotopic (exact) mass is 432 g/mol. The average Bonchev–Trinajstić information content (AvgIpc) is 2.74. The van der Waals surface area contributed by atoms with Crippen LogP contribution in [0.4, 0.5) is 0 Å². The van der Waals surface area contributed by atoms with E-state index in [-0.39, 0.29) is 17.2 Å². The minimum absolute atomic E-state index is 0.0124. The quantitative estimate of drug-likeness (QED) is 0.678. The van der Waals surface area contributed by atoms with Gasteiger partial charge in [-0.15, -0.1) is 0 Å². The number of carbonyl (C=O) groups is 1. The maximum atomic E-state index is 13.0. The third kappa shape index (κ3) is 5.73. The van der Waals surface area contributed by atoms with Gasteiger partial charge < -0.3 is 5.32 Å². The number of carbonyl (C=O) groups excluding carboxylic acids is 1. The standard InChI is InChI=1S/C24H36N2O3S/c1-24(2,3)21-9-11-22(12-10-21)30(28,29)26-17-14-20(15-18-26)23(27)25-16-13-19-7-5-4-6-8-19/h7,9-12,20H,4-6,8,13-18H2,1-3H3,(H,25,27). The minimum atomic E-state index is -3.51. The molecule has 0 unspecified atom stereocenters. The fraction of sp³-hybridized carbons (Fsp3) is 0.625. The Morgan fingerprint density at radius 3 is 2.33 bits per heavy atom. The van der Waals surface area contributed by atoms with E-state index in [1.54, 1.807) is 12.1 Å². The van der Waals surface area contributed by atoms with Gasteiger partial charge in [0.15, 0.2) is 0 Å². The van der Waals surface area contributed by atoms with Gasteiger partial charge in [0.25, 0.3) is 0 Å². The number of hydrogen-bond acceptors (Lipinski definition) is 3. The van der Waals surface area contributed by atoms with Crippen LogP contribution in [0.2, 0.25) is 0 Å². The summed E-state index contributed by atoms with van der Waals surface area (Å²) < 4.78 is 27.5. The first kappa shape index (κ1) is 23.0. The molecule has 0 saturated carbocycles. The molecule has 0 bridgehead atoms. The smallest absolute Gasteiger partial charge is 0.243 e. The van der Waals surface area contributed by atoms with E-state index >= 15 is 0 Å². The Labute approximate surface area is 182 Å². The molecule has 1 aliphatic heterocycles. The molecular formula is C24H36N2O3S. The summed E-state index contributed by atoms with van der Waals surface area (Å²) in [6.07, 6.45) is 9.25. The summed E-state index contributed by atoms with van der Waals surface area (Å²) in [5.74, 6) is -0.0296. The second-order valence-corrected chi connectivity index (χ2v) is 11.5. The van der Waals surface area contributed by atoms with Gasteiger partial charge in [-0.2, -0.15) is 4.31 Å². The maximum Gasteiger partial charge on any atom is 0.243 e. The molecule has 0 atom stereocenters. The van der Waals surface area contributed by atoms with Crippen molar-refractivity contribution < 1.29 is 13.2 Å². The molecule has 1 saturated heterocycles. The van der Waals surface area contributed by atoms with E-state index in [0.717, 1.165) is 24.8 Å². The molecule has 6 heteroatoms. The van der Waals surface area contributed by atoms with Gasteiger partial charge in [0, 0.05) is 25.6 Å². The summed E-state index contributed by atoms with van der Waals surface area (Å²) in [7, 11) is -3.51. The third-order valence-corrected chi connectivity index (χ3v) is 8.23. The highest BCUT2D eigenvalue weighted by atomic mass is 32.2. The number of benzene rings is 1. The lowest BCUT2D eigenvalue weighted by molar-refractivity contribution is -0.126. The highest BCUT2D eigenvalue weighted by molar-refractivity contribution is 7.89. The molecule has 5 nitrogen and oxygen atoms in total. The predicted molar refractivity (Wildman–Crippen MR) is 121 cm³/mol. The maximum absolute atomic E-state index is 13.0. The van der Waals surface area contributed by atoms with E-state index < -0.39 is 10.0 Å². The molecule has 1 fully saturated rings. The van der Waals surface area contributed by atoms with Crippen LogP contribution >= 0.6 is 0 Å². The SMILES string of the molecule is CC(C)(C)c1ccc(S(=O)(=O)N2CCC(C(=O)NCCC3=CCCCC3)CC2)cc1. The lowest BCUT2D eigenvalue weighted by atomic mass is 9.87. The molecular weight excluding hydrogens is 396 g/mol. The number of rotatable bonds is 6. The largest absolute Gasteiger partial charge is 0.356 e. The summed E-state index contributed by atoms with van der Waals surface area (Å²) in [5.41, 5.74) is 2.56. The van der Waals surface area contributed by atoms with Crippen LogP contribution in [-0.2, 0) is 20.2 Å². The molecule has 0 aromatic heterocycles. The van der Waals surface area contributed by atoms with Crippen LogP contribution in [0.5, 0.6) is 0 Å². The number of nitrogens with zero attached hydrogens (tertiary/aromatic N) is 1. The Balaban J connectivity index is 1.50. The minimum Gasteiger partial charge on any atom is -0.356 e. The van der Waals surface area contributed by atoms with Gasteiger partial charge in [-0.3, -0.25) is 4.79 Å². The van der Waals surface area contributed by atoms with Crippen molar-refractivity contribution in [2.45, 2.75) is 76.0 Å². The number of nitrogens with one attached hydrogen (secondary N) is 1. The second-order valence-electron chi connectivity index (χ2n) is 9.60. The number of piperidine rings is 1. The van der Waals surface area contributed by atoms with Gasteiger partial charge in [0.1, 0.15) is 0 Å². The molecule has 1 N–H and O–H groups in total. The first-order chi connectivity index (χ1) is 14.2. The normalized spacial score (nSPS) is 19.4. The van der Waals surface area contributed by atoms with Crippen LogP contribution in [0, 0.1) is 5.92 Å². The lowest BCUT2D eigenvalue weighted by Crippen LogP contribution is -2.43. The van der Waals surface area contributed by atoms with Crippen molar-refractivity contribution in [3.05, 3.63) is 41.5 Å². The summed E-state index contributed by atoms with van der Waals surface area (Å²) in [4.78, 5) is 12.8. The number of amides is 1. The topological polar surface area (TPSA) is 66.5 Å². The Morgan fingerprint density at radius 1 is 1.10 bits per heavy atom. The highest BCUT2D eigenvalue weighted by Gasteiger charge is 2.32. The van der Waals surface area contributed by atoms with Crippen molar-refractivity contribution in [2.24, 2.45) is 5.92 Å². The van der Waals surface area contributed by atoms with Gasteiger partial charge in [-0.1, -0.05) is 44.6 Å². The average molecular weight is 433 g/mol. The molecule has 1 aliphatic carbocycles. The first-order valence-electron chi connectivity index (χ1n) is 11.2. The zero-order valence-corrected chi connectivity index (χ0v) is 19.4. The molecule has 1 amide bonds. The molecule has 1 aromatic carbocycles. The molecule has 0 spiro atoms. The van der Waals surface area contributed by atoms with Crippen LogP contribution in [-0.4, -0.2) is 38.3 Å². The van der Waals surface area contributed by atoms with E-state index in [1.807, 2.05) is 12.1 Å². The zero-order chi connectivity index (χ0) is 21.8. The summed E-state index contributed by atoms with van der Waals surface area (Å²) in [6.45, 7) is 7.80. The summed E-state index contributed by atoms with van der Waals surface area (Å²) in [6, 6.07) is 7.20. The van der Waals surface area contributed by atoms with E-state index in [4.69, 9.17) is 0 Å². The fourth-order valence-electron chi connectivity index (χ4n) is 4.26. The van der Waals surface area contributed by atoms with Crippen LogP contribution < -0.4 is 5.32 Å². The van der Waals surface area contributed by atoms with Crippen LogP contribution in [0.3, 0.4) is 0 Å². The van der Waals surface area contributed by atoms with E-state index in [1.165, 1.54) is 22.7 Å². The Bertz CT molecular complexity index is 859. The van der Waals surface area contributed by atoms with Crippen molar-refractivity contribution in [1.82, 2.24) is 9.62 Å². The van der Waals surface area contributed by atoms with Gasteiger partial charge in [-0.05, 0) is 68.1 Å². The molecule has 30 heavy (non-hydrogen) atoms. The van der Waals surface area contributed by atoms with Gasteiger partial charge in [0.2, 0.25) is 15.9 Å². The zero-order valence-electron chi connectivity index (χ0n) is 18.6. The lowest BCUT2D eigenvalue weighted by Gasteiger charge is -2.30. The Kier molecular flexibility index (Phi) is 7.40. The van der Waals surface area contributed by atoms with Crippen LogP contribution in [0.15, 0.2) is 40.8 Å². The van der Waals surface area contributed by atoms with Crippen molar-refractivity contribution in [2.75, 3.05) is 19.6 Å². The third-order valence-electron chi connectivity index (χ3n) is 6.31. The summed E-state index contributed by atoms with van der Waals surface area (Å²) >= 11 is 0. The molecule has 1 aromatic rings. The Morgan fingerprint density at radius 2 is 1.77 bits per heavy atom. The molecule has 1 heterocycles. The molecule has 0 radical (unpaired) electrons. The first-order valence-corrected chi connectivity index (χ1v) is 12.7. The van der Waals surface area contributed by atoms with Gasteiger partial charge in [0.05, 0.1) is 4.90 Å². The number of allylic oxidation sites excluding steroid dienone is 1. The van der Waals surface area contributed by atoms with E-state index in [2.05, 4.69) is 32.2 Å². The number of hydrogen-bond donors (Lipinski definition) is 1. The summed E-state index contributed by atoms with van der Waals surface area (Å²) in [5, 5.41) is 3.06. The van der Waals surface area contributed by atoms with Crippen molar-refractivity contribution in [1.29, 1.82) is 0 Å². The number of sulfonamides is 1. The highest BCUT2D eigenvalue weighted by Crippen LogP contribution is 2.27. The van der Waals surface area contributed by atoms with Crippen LogP contribution in [0.25, 0.3) is 0 Å². The van der Waals surface area contributed by atoms with Crippen molar-refractivity contribution in [3.8, 4) is 0 Å². The van der Waals surface area contributed by atoms with Gasteiger partial charge >= 0.3 is 0 Å². The predicted octanol–water partition coefficient (Wildman–Crippen LogP) is 4.39. The van der Waals surface area contributed by atoms with Crippen LogP contribution in [0.1, 0.15) is 71.3 Å². The Hall–Kier alpha value is -1.66. The fourth-order valence-corrected chi connectivity index (χ4v) is 5.73. The van der Waals surface area contributed by atoms with E-state index in [9.17, 15) is 13.2 Å². The van der Waals surface area contributed by atoms with E-state index in [0.29, 0.717) is 37.4 Å². The molecule has 2 aliphatic rings.